The molecule has 0 bridgehead atoms. The number of aromatic carboxylic acids is 1. The van der Waals surface area contributed by atoms with Crippen molar-refractivity contribution in [3.8, 4) is 16.9 Å². The maximum absolute atomic E-state index is 14.3. The minimum absolute atomic E-state index is 0.00558. The normalized spacial score (nSPS) is 19.8. The quantitative estimate of drug-likeness (QED) is 0.173. The zero-order chi connectivity index (χ0) is 34.7. The number of benzene rings is 2. The highest BCUT2D eigenvalue weighted by molar-refractivity contribution is 7.18. The molecule has 8 rings (SSSR count). The molecule has 0 radical (unpaired) electrons. The van der Waals surface area contributed by atoms with Crippen LogP contribution in [0.5, 0.6) is 5.75 Å². The molecule has 4 heterocycles. The molecule has 0 unspecified atom stereocenters. The Morgan fingerprint density at radius 1 is 1.12 bits per heavy atom. The zero-order valence-electron chi connectivity index (χ0n) is 28.0. The van der Waals surface area contributed by atoms with Gasteiger partial charge in [-0.05, 0) is 101 Å². The largest absolute Gasteiger partial charge is 0.491 e. The number of halogens is 2. The molecular formula is C39H38ClFN4O4S. The van der Waals surface area contributed by atoms with Gasteiger partial charge in [-0.3, -0.25) is 19.2 Å². The van der Waals surface area contributed by atoms with Crippen molar-refractivity contribution >= 4 is 39.1 Å². The first kappa shape index (κ1) is 33.0. The standard InChI is InChI=1S/C39H38ClFN4O4S/c1-22-16-29(35-34(42-22)31(21-50-35)38(47)48)28-18-25(40)9-10-33(28)49-15-14-44-23(2)43-36-30(37(44)46)19-27(20-39(36)11-12-39)45-13-4-3-8-32(45)24-6-5-7-26(41)17-24/h5-7,9-10,16-18,21,27,32H,3-4,8,11-15,19-20H2,1-2H3,(H,47,48)/t27-,32-/m1/s1. The van der Waals surface area contributed by atoms with Gasteiger partial charge < -0.3 is 9.84 Å². The van der Waals surface area contributed by atoms with Crippen LogP contribution in [0.2, 0.25) is 5.02 Å². The maximum Gasteiger partial charge on any atom is 0.338 e. The first-order chi connectivity index (χ1) is 24.1. The van der Waals surface area contributed by atoms with Gasteiger partial charge >= 0.3 is 5.97 Å². The number of carbonyl (C=O) groups is 1. The molecule has 5 aromatic rings. The van der Waals surface area contributed by atoms with E-state index in [1.54, 1.807) is 34.2 Å². The second-order valence-corrected chi connectivity index (χ2v) is 15.3. The van der Waals surface area contributed by atoms with Crippen LogP contribution in [0.1, 0.15) is 83.3 Å². The Hall–Kier alpha value is -4.12. The van der Waals surface area contributed by atoms with Crippen LogP contribution in [-0.4, -0.2) is 49.7 Å². The van der Waals surface area contributed by atoms with Crippen LogP contribution in [0.25, 0.3) is 21.3 Å². The molecule has 258 valence electrons. The first-order valence-electron chi connectivity index (χ1n) is 17.3. The lowest BCUT2D eigenvalue weighted by Crippen LogP contribution is -2.49. The molecule has 3 aliphatic rings. The molecule has 0 amide bonds. The van der Waals surface area contributed by atoms with Crippen LogP contribution in [-0.2, 0) is 18.4 Å². The van der Waals surface area contributed by atoms with E-state index in [1.807, 2.05) is 32.0 Å². The molecule has 2 aromatic carbocycles. The fourth-order valence-electron chi connectivity index (χ4n) is 8.31. The molecule has 1 spiro atoms. The van der Waals surface area contributed by atoms with Gasteiger partial charge in [0.2, 0.25) is 0 Å². The van der Waals surface area contributed by atoms with Gasteiger partial charge in [0.1, 0.15) is 24.0 Å². The zero-order valence-corrected chi connectivity index (χ0v) is 29.6. The number of hydrogen-bond donors (Lipinski definition) is 1. The van der Waals surface area contributed by atoms with E-state index in [0.29, 0.717) is 40.8 Å². The van der Waals surface area contributed by atoms with Gasteiger partial charge in [-0.2, -0.15) is 0 Å². The summed E-state index contributed by atoms with van der Waals surface area (Å²) < 4.78 is 23.1. The highest BCUT2D eigenvalue weighted by Gasteiger charge is 2.53. The summed E-state index contributed by atoms with van der Waals surface area (Å²) in [5, 5.41) is 11.8. The third-order valence-corrected chi connectivity index (χ3v) is 12.0. The molecule has 50 heavy (non-hydrogen) atoms. The summed E-state index contributed by atoms with van der Waals surface area (Å²) in [5.74, 6) is 0.0248. The van der Waals surface area contributed by atoms with Gasteiger partial charge in [0.05, 0.1) is 28.0 Å². The molecule has 2 aliphatic carbocycles. The molecule has 1 saturated carbocycles. The summed E-state index contributed by atoms with van der Waals surface area (Å²) in [6.45, 7) is 5.20. The summed E-state index contributed by atoms with van der Waals surface area (Å²) in [4.78, 5) is 38.3. The van der Waals surface area contributed by atoms with Gasteiger partial charge in [0.15, 0.2) is 0 Å². The predicted octanol–water partition coefficient (Wildman–Crippen LogP) is 8.28. The van der Waals surface area contributed by atoms with Crippen LogP contribution >= 0.6 is 22.9 Å². The van der Waals surface area contributed by atoms with E-state index < -0.39 is 5.97 Å². The number of thiophene rings is 1. The number of likely N-dealkylation sites (tertiary alicyclic amines) is 1. The van der Waals surface area contributed by atoms with Crippen molar-refractivity contribution in [2.75, 3.05) is 13.2 Å². The van der Waals surface area contributed by atoms with E-state index in [0.717, 1.165) is 77.7 Å². The number of pyridine rings is 1. The molecule has 11 heteroatoms. The van der Waals surface area contributed by atoms with Crippen molar-refractivity contribution < 1.29 is 19.0 Å². The third kappa shape index (κ3) is 5.91. The minimum atomic E-state index is -1.02. The monoisotopic (exact) mass is 712 g/mol. The van der Waals surface area contributed by atoms with E-state index in [-0.39, 0.29) is 41.0 Å². The Morgan fingerprint density at radius 2 is 1.96 bits per heavy atom. The van der Waals surface area contributed by atoms with Crippen molar-refractivity contribution in [1.82, 2.24) is 19.4 Å². The van der Waals surface area contributed by atoms with Crippen LogP contribution in [0.3, 0.4) is 0 Å². The summed E-state index contributed by atoms with van der Waals surface area (Å²) in [6, 6.07) is 14.6. The Morgan fingerprint density at radius 3 is 2.74 bits per heavy atom. The number of ether oxygens (including phenoxy) is 1. The predicted molar refractivity (Wildman–Crippen MR) is 193 cm³/mol. The van der Waals surface area contributed by atoms with Crippen molar-refractivity contribution in [2.24, 2.45) is 0 Å². The second kappa shape index (κ2) is 12.9. The van der Waals surface area contributed by atoms with Gasteiger partial charge in [-0.25, -0.2) is 14.2 Å². The van der Waals surface area contributed by atoms with Crippen molar-refractivity contribution in [2.45, 2.75) is 82.8 Å². The van der Waals surface area contributed by atoms with Crippen LogP contribution < -0.4 is 10.3 Å². The van der Waals surface area contributed by atoms with Crippen molar-refractivity contribution in [1.29, 1.82) is 0 Å². The molecule has 1 aliphatic heterocycles. The number of piperidine rings is 1. The second-order valence-electron chi connectivity index (χ2n) is 14.0. The lowest BCUT2D eigenvalue weighted by atomic mass is 9.79. The molecule has 2 atom stereocenters. The number of aromatic nitrogens is 3. The smallest absolute Gasteiger partial charge is 0.338 e. The van der Waals surface area contributed by atoms with E-state index in [1.165, 1.54) is 17.4 Å². The molecule has 1 N–H and O–H groups in total. The SMILES string of the molecule is Cc1cc(-c2cc(Cl)ccc2OCCn2c(C)nc3c(c2=O)C[C@@H](N2CCCC[C@@H]2c2cccc(F)c2)CC32CC2)c2scc(C(=O)O)c2n1. The van der Waals surface area contributed by atoms with Gasteiger partial charge in [-0.15, -0.1) is 11.3 Å². The number of fused-ring (bicyclic) bond motifs is 3. The number of carboxylic acid groups (broad SMARTS) is 1. The highest BCUT2D eigenvalue weighted by Crippen LogP contribution is 2.55. The maximum atomic E-state index is 14.3. The lowest BCUT2D eigenvalue weighted by Gasteiger charge is -2.45. The lowest BCUT2D eigenvalue weighted by molar-refractivity contribution is 0.0699. The van der Waals surface area contributed by atoms with Gasteiger partial charge in [0, 0.05) is 50.3 Å². The summed E-state index contributed by atoms with van der Waals surface area (Å²) in [7, 11) is 0. The molecule has 2 fully saturated rings. The van der Waals surface area contributed by atoms with E-state index >= 15 is 0 Å². The van der Waals surface area contributed by atoms with Crippen molar-refractivity contribution in [3.05, 3.63) is 109 Å². The number of aryl methyl sites for hydroxylation is 2. The fourth-order valence-corrected chi connectivity index (χ4v) is 9.49. The number of rotatable bonds is 8. The molecular weight excluding hydrogens is 675 g/mol. The number of carboxylic acids is 1. The average molecular weight is 713 g/mol. The van der Waals surface area contributed by atoms with E-state index in [9.17, 15) is 19.1 Å². The van der Waals surface area contributed by atoms with Gasteiger partial charge in [-0.1, -0.05) is 30.2 Å². The minimum Gasteiger partial charge on any atom is -0.491 e. The van der Waals surface area contributed by atoms with Crippen LogP contribution in [0.4, 0.5) is 4.39 Å². The van der Waals surface area contributed by atoms with E-state index in [2.05, 4.69) is 9.88 Å². The highest BCUT2D eigenvalue weighted by atomic mass is 35.5. The Labute approximate surface area is 298 Å². The van der Waals surface area contributed by atoms with Crippen LogP contribution in [0, 0.1) is 19.7 Å². The average Bonchev–Trinajstić information content (AvgIpc) is 3.73. The first-order valence-corrected chi connectivity index (χ1v) is 18.5. The Kier molecular flexibility index (Phi) is 8.52. The molecule has 1 saturated heterocycles. The van der Waals surface area contributed by atoms with Crippen LogP contribution in [0.15, 0.2) is 58.7 Å². The third-order valence-electron chi connectivity index (χ3n) is 10.8. The van der Waals surface area contributed by atoms with Crippen molar-refractivity contribution in [3.63, 3.8) is 0 Å². The fraction of sp³-hybridized carbons (Fsp3) is 0.385. The summed E-state index contributed by atoms with van der Waals surface area (Å²) in [5.41, 5.74) is 5.53. The molecule has 3 aromatic heterocycles. The Bertz CT molecular complexity index is 2210. The summed E-state index contributed by atoms with van der Waals surface area (Å²) in [6.07, 6.45) is 6.87. The topological polar surface area (TPSA) is 97.6 Å². The summed E-state index contributed by atoms with van der Waals surface area (Å²) >= 11 is 7.79. The Balaban J connectivity index is 1.07. The molecule has 8 nitrogen and oxygen atoms in total. The van der Waals surface area contributed by atoms with E-state index in [4.69, 9.17) is 21.3 Å². The van der Waals surface area contributed by atoms with Gasteiger partial charge in [0.25, 0.3) is 5.56 Å². The number of hydrogen-bond acceptors (Lipinski definition) is 7. The number of nitrogens with zero attached hydrogens (tertiary/aromatic N) is 4.